The normalized spacial score (nSPS) is 9.36. The van der Waals surface area contributed by atoms with E-state index in [1.165, 1.54) is 0 Å². The van der Waals surface area contributed by atoms with Crippen molar-refractivity contribution in [1.29, 1.82) is 5.26 Å². The van der Waals surface area contributed by atoms with E-state index in [1.54, 1.807) is 24.4 Å². The lowest BCUT2D eigenvalue weighted by Crippen LogP contribution is -1.75. The van der Waals surface area contributed by atoms with Crippen LogP contribution in [-0.4, -0.2) is 4.98 Å². The Hall–Kier alpha value is -2.44. The van der Waals surface area contributed by atoms with Gasteiger partial charge in [-0.2, -0.15) is 5.26 Å². The van der Waals surface area contributed by atoms with E-state index < -0.39 is 0 Å². The number of azide groups is 1. The topological polar surface area (TPSA) is 88.3 Å². The summed E-state index contributed by atoms with van der Waals surface area (Å²) in [5.74, 6) is 0. The number of nitrogens with one attached hydrogen (secondary N) is 1. The molecule has 1 aromatic heterocycles. The van der Waals surface area contributed by atoms with Crippen molar-refractivity contribution >= 4 is 16.6 Å². The third-order valence-electron chi connectivity index (χ3n) is 1.93. The van der Waals surface area contributed by atoms with E-state index in [1.807, 2.05) is 6.07 Å². The highest BCUT2D eigenvalue weighted by Crippen LogP contribution is 2.27. The maximum absolute atomic E-state index is 8.73. The van der Waals surface area contributed by atoms with Crippen molar-refractivity contribution < 1.29 is 0 Å². The van der Waals surface area contributed by atoms with Crippen LogP contribution in [0.4, 0.5) is 5.69 Å². The molecule has 0 bridgehead atoms. The lowest BCUT2D eigenvalue weighted by Gasteiger charge is -1.96. The molecule has 66 valence electrons. The molecule has 5 heteroatoms. The first kappa shape index (κ1) is 8.17. The fraction of sp³-hybridized carbons (Fsp3) is 0. The van der Waals surface area contributed by atoms with Gasteiger partial charge >= 0.3 is 0 Å². The second-order valence-electron chi connectivity index (χ2n) is 2.74. The van der Waals surface area contributed by atoms with E-state index in [0.29, 0.717) is 11.3 Å². The Morgan fingerprint density at radius 2 is 2.36 bits per heavy atom. The average Bonchev–Trinajstić information content (AvgIpc) is 2.66. The Morgan fingerprint density at radius 3 is 3.07 bits per heavy atom. The maximum atomic E-state index is 8.73. The molecule has 5 nitrogen and oxygen atoms in total. The molecule has 0 aliphatic carbocycles. The molecule has 14 heavy (non-hydrogen) atoms. The van der Waals surface area contributed by atoms with E-state index >= 15 is 0 Å². The molecule has 0 spiro atoms. The van der Waals surface area contributed by atoms with E-state index in [0.717, 1.165) is 10.9 Å². The van der Waals surface area contributed by atoms with Crippen molar-refractivity contribution in [1.82, 2.24) is 4.98 Å². The van der Waals surface area contributed by atoms with Gasteiger partial charge < -0.3 is 4.98 Å². The van der Waals surface area contributed by atoms with Crippen molar-refractivity contribution in [2.75, 3.05) is 0 Å². The lowest BCUT2D eigenvalue weighted by molar-refractivity contribution is 1.44. The molecule has 0 unspecified atom stereocenters. The Balaban J connectivity index is 2.84. The van der Waals surface area contributed by atoms with Crippen molar-refractivity contribution in [3.8, 4) is 6.07 Å². The highest BCUT2D eigenvalue weighted by atomic mass is 15.1. The molecule has 1 aromatic carbocycles. The van der Waals surface area contributed by atoms with Gasteiger partial charge in [0.2, 0.25) is 0 Å². The van der Waals surface area contributed by atoms with Crippen molar-refractivity contribution in [2.45, 2.75) is 0 Å². The molecule has 0 saturated heterocycles. The van der Waals surface area contributed by atoms with E-state index in [-0.39, 0.29) is 0 Å². The molecule has 0 fully saturated rings. The van der Waals surface area contributed by atoms with Crippen molar-refractivity contribution in [3.63, 3.8) is 0 Å². The van der Waals surface area contributed by atoms with Crippen LogP contribution in [0.1, 0.15) is 5.56 Å². The molecule has 1 N–H and O–H groups in total. The molecular formula is C9H5N5. The zero-order valence-corrected chi connectivity index (χ0v) is 7.10. The number of aromatic amines is 1. The summed E-state index contributed by atoms with van der Waals surface area (Å²) in [5, 5.41) is 13.1. The molecule has 2 rings (SSSR count). The number of benzene rings is 1. The molecule has 0 radical (unpaired) electrons. The molecular weight excluding hydrogens is 178 g/mol. The fourth-order valence-corrected chi connectivity index (χ4v) is 1.34. The summed E-state index contributed by atoms with van der Waals surface area (Å²) in [6.07, 6.45) is 1.74. The van der Waals surface area contributed by atoms with Crippen LogP contribution in [-0.2, 0) is 0 Å². The van der Waals surface area contributed by atoms with Gasteiger partial charge in [-0.3, -0.25) is 0 Å². The molecule has 0 aliphatic heterocycles. The minimum absolute atomic E-state index is 0.474. The fourth-order valence-electron chi connectivity index (χ4n) is 1.34. The summed E-state index contributed by atoms with van der Waals surface area (Å²) < 4.78 is 0. The summed E-state index contributed by atoms with van der Waals surface area (Å²) >= 11 is 0. The number of nitrogens with zero attached hydrogens (tertiary/aromatic N) is 4. The van der Waals surface area contributed by atoms with Gasteiger partial charge in [-0.05, 0) is 23.7 Å². The van der Waals surface area contributed by atoms with Crippen LogP contribution in [0, 0.1) is 11.3 Å². The van der Waals surface area contributed by atoms with Crippen LogP contribution < -0.4 is 0 Å². The predicted molar refractivity (Wildman–Crippen MR) is 51.8 cm³/mol. The van der Waals surface area contributed by atoms with Gasteiger partial charge in [0, 0.05) is 27.7 Å². The number of H-pyrrole nitrogens is 1. The van der Waals surface area contributed by atoms with E-state index in [9.17, 15) is 0 Å². The largest absolute Gasteiger partial charge is 0.361 e. The van der Waals surface area contributed by atoms with Crippen LogP contribution in [0.2, 0.25) is 0 Å². The highest BCUT2D eigenvalue weighted by Gasteiger charge is 2.02. The minimum Gasteiger partial charge on any atom is -0.361 e. The highest BCUT2D eigenvalue weighted by molar-refractivity contribution is 5.91. The van der Waals surface area contributed by atoms with E-state index in [4.69, 9.17) is 10.8 Å². The minimum atomic E-state index is 0.474. The summed E-state index contributed by atoms with van der Waals surface area (Å²) in [6, 6.07) is 7.09. The summed E-state index contributed by atoms with van der Waals surface area (Å²) in [4.78, 5) is 5.67. The first-order valence-electron chi connectivity index (χ1n) is 3.91. The van der Waals surface area contributed by atoms with Crippen molar-refractivity contribution in [2.24, 2.45) is 5.11 Å². The Labute approximate surface area is 79.2 Å². The molecule has 0 aliphatic rings. The first-order chi connectivity index (χ1) is 6.85. The Kier molecular flexibility index (Phi) is 1.83. The van der Waals surface area contributed by atoms with Crippen LogP contribution in [0.3, 0.4) is 0 Å². The van der Waals surface area contributed by atoms with Gasteiger partial charge in [-0.25, -0.2) is 0 Å². The number of rotatable bonds is 1. The van der Waals surface area contributed by atoms with Crippen molar-refractivity contribution in [3.05, 3.63) is 40.4 Å². The third kappa shape index (κ3) is 1.16. The second kappa shape index (κ2) is 3.13. The average molecular weight is 183 g/mol. The van der Waals surface area contributed by atoms with Gasteiger partial charge in [0.1, 0.15) is 0 Å². The van der Waals surface area contributed by atoms with Crippen LogP contribution in [0.15, 0.2) is 29.5 Å². The number of fused-ring (bicyclic) bond motifs is 1. The third-order valence-corrected chi connectivity index (χ3v) is 1.93. The Morgan fingerprint density at radius 1 is 1.50 bits per heavy atom. The first-order valence-corrected chi connectivity index (χ1v) is 3.91. The van der Waals surface area contributed by atoms with Gasteiger partial charge in [0.15, 0.2) is 0 Å². The maximum Gasteiger partial charge on any atom is 0.0992 e. The lowest BCUT2D eigenvalue weighted by atomic mass is 10.1. The number of hydrogen-bond donors (Lipinski definition) is 1. The zero-order chi connectivity index (χ0) is 9.97. The quantitative estimate of drug-likeness (QED) is 0.411. The van der Waals surface area contributed by atoms with Gasteiger partial charge in [-0.1, -0.05) is 5.11 Å². The standard InChI is InChI=1S/C9H5N5/c10-5-6-3-8-7(1-2-12-8)9(4-6)13-14-11/h1-4,12H. The van der Waals surface area contributed by atoms with Crippen LogP contribution in [0.5, 0.6) is 0 Å². The van der Waals surface area contributed by atoms with Gasteiger partial charge in [0.25, 0.3) is 0 Å². The monoisotopic (exact) mass is 183 g/mol. The van der Waals surface area contributed by atoms with Gasteiger partial charge in [-0.15, -0.1) is 0 Å². The Bertz CT molecular complexity index is 568. The number of hydrogen-bond acceptors (Lipinski definition) is 2. The second-order valence-corrected chi connectivity index (χ2v) is 2.74. The van der Waals surface area contributed by atoms with Crippen LogP contribution >= 0.6 is 0 Å². The molecule has 0 atom stereocenters. The molecule has 2 aromatic rings. The summed E-state index contributed by atoms with van der Waals surface area (Å²) in [7, 11) is 0. The molecule has 0 saturated carbocycles. The summed E-state index contributed by atoms with van der Waals surface area (Å²) in [6.45, 7) is 0. The van der Waals surface area contributed by atoms with E-state index in [2.05, 4.69) is 15.0 Å². The smallest absolute Gasteiger partial charge is 0.0992 e. The number of aromatic nitrogens is 1. The van der Waals surface area contributed by atoms with Gasteiger partial charge in [0.05, 0.1) is 11.6 Å². The summed E-state index contributed by atoms with van der Waals surface area (Å²) in [5.41, 5.74) is 10.1. The SMILES string of the molecule is N#Cc1cc(N=[N+]=[N-])c2cc[nH]c2c1. The molecule has 0 amide bonds. The van der Waals surface area contributed by atoms with Crippen LogP contribution in [0.25, 0.3) is 21.3 Å². The predicted octanol–water partition coefficient (Wildman–Crippen LogP) is 2.98. The molecule has 1 heterocycles. The zero-order valence-electron chi connectivity index (χ0n) is 7.10. The number of nitriles is 1.